The average Bonchev–Trinajstić information content (AvgIpc) is 3.30. The molecule has 0 aliphatic carbocycles. The Bertz CT molecular complexity index is 1190. The smallest absolute Gasteiger partial charge is 0.310 e. The minimum Gasteiger partial charge on any atom is -0.310 e. The number of nitrogens with zero attached hydrogens (tertiary/aromatic N) is 4. The number of alkyl halides is 3. The van der Waals surface area contributed by atoms with E-state index in [9.17, 15) is 13.2 Å². The summed E-state index contributed by atoms with van der Waals surface area (Å²) >= 11 is 0. The molecule has 0 saturated carbocycles. The van der Waals surface area contributed by atoms with Crippen molar-refractivity contribution >= 4 is 10.9 Å². The summed E-state index contributed by atoms with van der Waals surface area (Å²) in [6.07, 6.45) is 0.463. The van der Waals surface area contributed by atoms with Crippen LogP contribution in [0.3, 0.4) is 0 Å². The van der Waals surface area contributed by atoms with E-state index in [0.29, 0.717) is 16.6 Å². The number of aromatic nitrogens is 5. The second kappa shape index (κ2) is 7.56. The van der Waals surface area contributed by atoms with E-state index in [2.05, 4.69) is 25.6 Å². The molecule has 0 unspecified atom stereocenters. The maximum Gasteiger partial charge on any atom is 0.417 e. The Hall–Kier alpha value is -3.20. The van der Waals surface area contributed by atoms with Gasteiger partial charge in [0.15, 0.2) is 0 Å². The molecule has 3 aromatic heterocycles. The summed E-state index contributed by atoms with van der Waals surface area (Å²) in [7, 11) is 1.79. The maximum absolute atomic E-state index is 14.0. The van der Waals surface area contributed by atoms with Crippen molar-refractivity contribution < 1.29 is 13.2 Å². The van der Waals surface area contributed by atoms with Crippen molar-refractivity contribution in [3.8, 4) is 22.5 Å². The number of benzene rings is 1. The lowest BCUT2D eigenvalue weighted by Crippen LogP contribution is -2.24. The van der Waals surface area contributed by atoms with E-state index in [1.165, 1.54) is 18.3 Å². The van der Waals surface area contributed by atoms with Gasteiger partial charge < -0.3 is 5.32 Å². The number of H-pyrrole nitrogens is 1. The lowest BCUT2D eigenvalue weighted by atomic mass is 9.96. The molecule has 0 bridgehead atoms. The molecule has 6 nitrogen and oxygen atoms in total. The Balaban J connectivity index is 1.86. The fourth-order valence-corrected chi connectivity index (χ4v) is 3.44. The fraction of sp³-hybridized carbons (Fsp3) is 0.286. The number of nitrogens with one attached hydrogen (secondary N) is 2. The first-order valence-electron chi connectivity index (χ1n) is 9.50. The van der Waals surface area contributed by atoms with E-state index >= 15 is 0 Å². The monoisotopic (exact) mass is 414 g/mol. The van der Waals surface area contributed by atoms with Gasteiger partial charge in [-0.15, -0.1) is 0 Å². The maximum atomic E-state index is 14.0. The van der Waals surface area contributed by atoms with Gasteiger partial charge in [-0.25, -0.2) is 0 Å². The van der Waals surface area contributed by atoms with Crippen molar-refractivity contribution in [1.29, 1.82) is 0 Å². The minimum absolute atomic E-state index is 0.0470. The van der Waals surface area contributed by atoms with Gasteiger partial charge in [0, 0.05) is 42.3 Å². The SMILES string of the molecule is CC(C)NCc1cccc(-c2cc3c(-c4cnn(C)c4)n[nH]c3cn2)c1C(F)(F)F. The molecule has 1 aromatic carbocycles. The number of hydrogen-bond acceptors (Lipinski definition) is 4. The molecule has 0 aliphatic rings. The van der Waals surface area contributed by atoms with Gasteiger partial charge in [0.25, 0.3) is 0 Å². The van der Waals surface area contributed by atoms with Gasteiger partial charge in [0.2, 0.25) is 0 Å². The molecule has 9 heteroatoms. The van der Waals surface area contributed by atoms with Crippen LogP contribution < -0.4 is 5.32 Å². The van der Waals surface area contributed by atoms with Crippen LogP contribution in [0.1, 0.15) is 25.0 Å². The van der Waals surface area contributed by atoms with Crippen LogP contribution in [0.25, 0.3) is 33.4 Å². The lowest BCUT2D eigenvalue weighted by Gasteiger charge is -2.18. The second-order valence-electron chi connectivity index (χ2n) is 7.46. The third-order valence-electron chi connectivity index (χ3n) is 4.84. The highest BCUT2D eigenvalue weighted by Crippen LogP contribution is 2.40. The summed E-state index contributed by atoms with van der Waals surface area (Å²) in [4.78, 5) is 4.29. The highest BCUT2D eigenvalue weighted by molar-refractivity contribution is 5.94. The summed E-state index contributed by atoms with van der Waals surface area (Å²) in [5, 5.41) is 15.1. The van der Waals surface area contributed by atoms with Crippen LogP contribution in [0, 0.1) is 0 Å². The van der Waals surface area contributed by atoms with Crippen molar-refractivity contribution in [1.82, 2.24) is 30.3 Å². The first kappa shape index (κ1) is 20.1. The Morgan fingerprint density at radius 2 is 2.00 bits per heavy atom. The standard InChI is InChI=1S/C21H21F3N6/c1-12(2)25-8-13-5-4-6-15(19(13)21(22,23)24)17-7-16-18(10-26-17)28-29-20(16)14-9-27-30(3)11-14/h4-7,9-12,25H,8H2,1-3H3,(H,28,29). The van der Waals surface area contributed by atoms with Gasteiger partial charge in [-0.3, -0.25) is 14.8 Å². The number of halogens is 3. The lowest BCUT2D eigenvalue weighted by molar-refractivity contribution is -0.137. The van der Waals surface area contributed by atoms with Crippen molar-refractivity contribution in [2.75, 3.05) is 0 Å². The number of aryl methyl sites for hydroxylation is 1. The van der Waals surface area contributed by atoms with Gasteiger partial charge in [0.1, 0.15) is 5.69 Å². The molecular formula is C21H21F3N6. The van der Waals surface area contributed by atoms with Crippen LogP contribution in [0.2, 0.25) is 0 Å². The molecule has 0 radical (unpaired) electrons. The van der Waals surface area contributed by atoms with E-state index in [1.54, 1.807) is 36.3 Å². The Labute approximate surface area is 171 Å². The van der Waals surface area contributed by atoms with Crippen molar-refractivity contribution in [3.63, 3.8) is 0 Å². The molecule has 30 heavy (non-hydrogen) atoms. The molecule has 0 aliphatic heterocycles. The third kappa shape index (κ3) is 3.80. The molecule has 2 N–H and O–H groups in total. The second-order valence-corrected chi connectivity index (χ2v) is 7.46. The third-order valence-corrected chi connectivity index (χ3v) is 4.84. The predicted molar refractivity (Wildman–Crippen MR) is 109 cm³/mol. The highest BCUT2D eigenvalue weighted by atomic mass is 19.4. The van der Waals surface area contributed by atoms with Crippen LogP contribution in [-0.4, -0.2) is 31.0 Å². The van der Waals surface area contributed by atoms with Crippen LogP contribution in [-0.2, 0) is 19.8 Å². The molecule has 0 amide bonds. The quantitative estimate of drug-likeness (QED) is 0.503. The zero-order chi connectivity index (χ0) is 21.5. The summed E-state index contributed by atoms with van der Waals surface area (Å²) in [5.74, 6) is 0. The predicted octanol–water partition coefficient (Wildman–Crippen LogP) is 4.54. The number of hydrogen-bond donors (Lipinski definition) is 2. The molecule has 3 heterocycles. The van der Waals surface area contributed by atoms with Crippen molar-refractivity contribution in [2.24, 2.45) is 7.05 Å². The van der Waals surface area contributed by atoms with Crippen LogP contribution >= 0.6 is 0 Å². The topological polar surface area (TPSA) is 71.4 Å². The average molecular weight is 414 g/mol. The van der Waals surface area contributed by atoms with Crippen molar-refractivity contribution in [3.05, 3.63) is 54.0 Å². The largest absolute Gasteiger partial charge is 0.417 e. The zero-order valence-electron chi connectivity index (χ0n) is 16.7. The molecule has 0 saturated heterocycles. The van der Waals surface area contributed by atoms with Gasteiger partial charge in [-0.05, 0) is 11.6 Å². The van der Waals surface area contributed by atoms with Gasteiger partial charge >= 0.3 is 6.18 Å². The Morgan fingerprint density at radius 3 is 2.67 bits per heavy atom. The molecule has 0 spiro atoms. The number of pyridine rings is 1. The van der Waals surface area contributed by atoms with Crippen LogP contribution in [0.15, 0.2) is 42.9 Å². The van der Waals surface area contributed by atoms with Gasteiger partial charge in [-0.2, -0.15) is 23.4 Å². The van der Waals surface area contributed by atoms with E-state index < -0.39 is 11.7 Å². The highest BCUT2D eigenvalue weighted by Gasteiger charge is 2.36. The fourth-order valence-electron chi connectivity index (χ4n) is 3.44. The minimum atomic E-state index is -4.51. The summed E-state index contributed by atoms with van der Waals surface area (Å²) in [6.45, 7) is 3.91. The van der Waals surface area contributed by atoms with E-state index in [0.717, 1.165) is 5.56 Å². The molecule has 156 valence electrons. The van der Waals surface area contributed by atoms with Gasteiger partial charge in [0.05, 0.1) is 29.2 Å². The number of aromatic amines is 1. The summed E-state index contributed by atoms with van der Waals surface area (Å²) in [6, 6.07) is 6.30. The first-order chi connectivity index (χ1) is 14.2. The molecule has 0 fully saturated rings. The number of fused-ring (bicyclic) bond motifs is 1. The Kier molecular flexibility index (Phi) is 5.07. The summed E-state index contributed by atoms with van der Waals surface area (Å²) < 4.78 is 43.7. The van der Waals surface area contributed by atoms with Crippen LogP contribution in [0.4, 0.5) is 13.2 Å². The van der Waals surface area contributed by atoms with Crippen molar-refractivity contribution in [2.45, 2.75) is 32.6 Å². The number of rotatable bonds is 5. The van der Waals surface area contributed by atoms with Gasteiger partial charge in [-0.1, -0.05) is 32.0 Å². The molecular weight excluding hydrogens is 393 g/mol. The van der Waals surface area contributed by atoms with Crippen LogP contribution in [0.5, 0.6) is 0 Å². The molecule has 0 atom stereocenters. The molecule has 4 aromatic rings. The summed E-state index contributed by atoms with van der Waals surface area (Å²) in [5.41, 5.74) is 1.84. The zero-order valence-corrected chi connectivity index (χ0v) is 16.7. The Morgan fingerprint density at radius 1 is 1.20 bits per heavy atom. The normalized spacial score (nSPS) is 12.2. The van der Waals surface area contributed by atoms with E-state index in [-0.39, 0.29) is 29.4 Å². The van der Waals surface area contributed by atoms with E-state index in [1.807, 2.05) is 13.8 Å². The first-order valence-corrected chi connectivity index (χ1v) is 9.50. The molecule has 4 rings (SSSR count). The van der Waals surface area contributed by atoms with E-state index in [4.69, 9.17) is 0 Å².